The Bertz CT molecular complexity index is 584. The quantitative estimate of drug-likeness (QED) is 0.761. The highest BCUT2D eigenvalue weighted by Crippen LogP contribution is 2.27. The van der Waals surface area contributed by atoms with Gasteiger partial charge in [-0.05, 0) is 74.2 Å². The van der Waals surface area contributed by atoms with Gasteiger partial charge in [-0.2, -0.15) is 0 Å². The number of rotatable bonds is 6. The van der Waals surface area contributed by atoms with E-state index in [4.69, 9.17) is 4.74 Å². The molecule has 2 nitrogen and oxygen atoms in total. The van der Waals surface area contributed by atoms with Crippen LogP contribution in [0.5, 0.6) is 11.5 Å². The predicted octanol–water partition coefficient (Wildman–Crippen LogP) is 4.90. The van der Waals surface area contributed by atoms with Crippen molar-refractivity contribution in [2.75, 3.05) is 6.54 Å². The maximum absolute atomic E-state index is 6.09. The molecule has 0 saturated heterocycles. The zero-order valence-corrected chi connectivity index (χ0v) is 13.5. The van der Waals surface area contributed by atoms with E-state index in [1.54, 1.807) is 0 Å². The lowest BCUT2D eigenvalue weighted by molar-refractivity contribution is 0.477. The molecule has 0 radical (unpaired) electrons. The zero-order valence-electron chi connectivity index (χ0n) is 13.5. The van der Waals surface area contributed by atoms with Crippen LogP contribution in [0.15, 0.2) is 36.4 Å². The van der Waals surface area contributed by atoms with Gasteiger partial charge in [-0.25, -0.2) is 0 Å². The summed E-state index contributed by atoms with van der Waals surface area (Å²) in [6.45, 7) is 10.4. The zero-order chi connectivity index (χ0) is 15.2. The van der Waals surface area contributed by atoms with E-state index in [1.165, 1.54) is 16.7 Å². The maximum Gasteiger partial charge on any atom is 0.130 e. The van der Waals surface area contributed by atoms with Crippen molar-refractivity contribution in [2.45, 2.75) is 40.7 Å². The maximum atomic E-state index is 6.09. The van der Waals surface area contributed by atoms with Crippen molar-refractivity contribution < 1.29 is 4.74 Å². The fraction of sp³-hybridized carbons (Fsp3) is 0.368. The van der Waals surface area contributed by atoms with Crippen LogP contribution < -0.4 is 10.1 Å². The molecule has 2 aromatic carbocycles. The third kappa shape index (κ3) is 4.61. The van der Waals surface area contributed by atoms with E-state index in [-0.39, 0.29) is 0 Å². The minimum absolute atomic E-state index is 0.886. The Morgan fingerprint density at radius 3 is 2.33 bits per heavy atom. The van der Waals surface area contributed by atoms with Gasteiger partial charge in [0.25, 0.3) is 0 Å². The van der Waals surface area contributed by atoms with Gasteiger partial charge in [0.05, 0.1) is 0 Å². The first-order valence-corrected chi connectivity index (χ1v) is 7.65. The third-order valence-corrected chi connectivity index (χ3v) is 3.43. The molecule has 2 aromatic rings. The minimum Gasteiger partial charge on any atom is -0.457 e. The molecule has 2 rings (SSSR count). The van der Waals surface area contributed by atoms with E-state index in [2.05, 4.69) is 69.4 Å². The van der Waals surface area contributed by atoms with Crippen LogP contribution in [-0.4, -0.2) is 6.54 Å². The predicted molar refractivity (Wildman–Crippen MR) is 89.2 cm³/mol. The lowest BCUT2D eigenvalue weighted by atomic mass is 10.1. The number of nitrogens with one attached hydrogen (secondary N) is 1. The standard InChI is InChI=1S/C19H25NO/c1-5-8-20-13-17-7-6-16(4)19(12-17)21-18-10-14(2)9-15(3)11-18/h6-7,9-12,20H,5,8,13H2,1-4H3. The van der Waals surface area contributed by atoms with Gasteiger partial charge in [0.1, 0.15) is 11.5 Å². The van der Waals surface area contributed by atoms with Gasteiger partial charge >= 0.3 is 0 Å². The molecule has 112 valence electrons. The number of hydrogen-bond acceptors (Lipinski definition) is 2. The number of hydrogen-bond donors (Lipinski definition) is 1. The highest BCUT2D eigenvalue weighted by Gasteiger charge is 2.04. The van der Waals surface area contributed by atoms with Crippen LogP contribution >= 0.6 is 0 Å². The minimum atomic E-state index is 0.886. The van der Waals surface area contributed by atoms with Crippen molar-refractivity contribution in [3.63, 3.8) is 0 Å². The molecular formula is C19H25NO. The summed E-state index contributed by atoms with van der Waals surface area (Å²) in [5, 5.41) is 3.42. The van der Waals surface area contributed by atoms with Crippen LogP contribution in [0.25, 0.3) is 0 Å². The van der Waals surface area contributed by atoms with E-state index in [0.29, 0.717) is 0 Å². The van der Waals surface area contributed by atoms with Crippen molar-refractivity contribution in [1.82, 2.24) is 5.32 Å². The van der Waals surface area contributed by atoms with Gasteiger partial charge in [-0.1, -0.05) is 25.1 Å². The van der Waals surface area contributed by atoms with Crippen LogP contribution in [-0.2, 0) is 6.54 Å². The summed E-state index contributed by atoms with van der Waals surface area (Å²) in [7, 11) is 0. The molecule has 21 heavy (non-hydrogen) atoms. The van der Waals surface area contributed by atoms with Crippen molar-refractivity contribution in [3.05, 3.63) is 58.7 Å². The molecule has 0 atom stereocenters. The molecule has 0 aliphatic rings. The highest BCUT2D eigenvalue weighted by molar-refractivity contribution is 5.42. The molecule has 0 spiro atoms. The van der Waals surface area contributed by atoms with Crippen molar-refractivity contribution in [1.29, 1.82) is 0 Å². The normalized spacial score (nSPS) is 10.7. The van der Waals surface area contributed by atoms with Crippen molar-refractivity contribution >= 4 is 0 Å². The molecule has 0 saturated carbocycles. The fourth-order valence-corrected chi connectivity index (χ4v) is 2.39. The van der Waals surface area contributed by atoms with Gasteiger partial charge in [-0.3, -0.25) is 0 Å². The molecule has 0 fully saturated rings. The topological polar surface area (TPSA) is 21.3 Å². The van der Waals surface area contributed by atoms with Crippen LogP contribution in [0.1, 0.15) is 35.6 Å². The fourth-order valence-electron chi connectivity index (χ4n) is 2.39. The first-order chi connectivity index (χ1) is 10.1. The summed E-state index contributed by atoms with van der Waals surface area (Å²) in [4.78, 5) is 0. The highest BCUT2D eigenvalue weighted by atomic mass is 16.5. The van der Waals surface area contributed by atoms with Gasteiger partial charge in [0.2, 0.25) is 0 Å². The van der Waals surface area contributed by atoms with Gasteiger partial charge in [0, 0.05) is 6.54 Å². The molecule has 0 aliphatic heterocycles. The second-order valence-electron chi connectivity index (χ2n) is 5.70. The molecule has 0 aliphatic carbocycles. The van der Waals surface area contributed by atoms with E-state index < -0.39 is 0 Å². The Morgan fingerprint density at radius 1 is 0.952 bits per heavy atom. The summed E-state index contributed by atoms with van der Waals surface area (Å²) in [6.07, 6.45) is 1.15. The Labute approximate surface area is 128 Å². The Balaban J connectivity index is 2.16. The van der Waals surface area contributed by atoms with Crippen LogP contribution in [0.4, 0.5) is 0 Å². The van der Waals surface area contributed by atoms with E-state index >= 15 is 0 Å². The second kappa shape index (κ2) is 7.28. The van der Waals surface area contributed by atoms with Crippen LogP contribution in [0, 0.1) is 20.8 Å². The molecule has 0 aromatic heterocycles. The van der Waals surface area contributed by atoms with Gasteiger partial charge in [0.15, 0.2) is 0 Å². The molecule has 0 unspecified atom stereocenters. The summed E-state index contributed by atoms with van der Waals surface area (Å²) >= 11 is 0. The lowest BCUT2D eigenvalue weighted by Gasteiger charge is -2.12. The second-order valence-corrected chi connectivity index (χ2v) is 5.70. The Kier molecular flexibility index (Phi) is 5.40. The molecule has 0 heterocycles. The smallest absolute Gasteiger partial charge is 0.130 e. The SMILES string of the molecule is CCCNCc1ccc(C)c(Oc2cc(C)cc(C)c2)c1. The molecule has 0 amide bonds. The molecule has 2 heteroatoms. The number of benzene rings is 2. The Hall–Kier alpha value is -1.80. The van der Waals surface area contributed by atoms with Gasteiger partial charge in [-0.15, -0.1) is 0 Å². The van der Waals surface area contributed by atoms with Crippen LogP contribution in [0.2, 0.25) is 0 Å². The summed E-state index contributed by atoms with van der Waals surface area (Å²) in [5.41, 5.74) is 4.87. The average Bonchev–Trinajstić information content (AvgIpc) is 2.41. The van der Waals surface area contributed by atoms with Crippen LogP contribution in [0.3, 0.4) is 0 Å². The average molecular weight is 283 g/mol. The first-order valence-electron chi connectivity index (χ1n) is 7.65. The number of ether oxygens (including phenoxy) is 1. The van der Waals surface area contributed by atoms with E-state index in [0.717, 1.165) is 36.6 Å². The van der Waals surface area contributed by atoms with E-state index in [1.807, 2.05) is 0 Å². The first kappa shape index (κ1) is 15.6. The van der Waals surface area contributed by atoms with E-state index in [9.17, 15) is 0 Å². The largest absolute Gasteiger partial charge is 0.457 e. The summed E-state index contributed by atoms with van der Waals surface area (Å²) in [6, 6.07) is 12.7. The summed E-state index contributed by atoms with van der Waals surface area (Å²) < 4.78 is 6.09. The molecule has 0 bridgehead atoms. The lowest BCUT2D eigenvalue weighted by Crippen LogP contribution is -2.13. The van der Waals surface area contributed by atoms with Gasteiger partial charge < -0.3 is 10.1 Å². The van der Waals surface area contributed by atoms with Crippen molar-refractivity contribution in [2.24, 2.45) is 0 Å². The Morgan fingerprint density at radius 2 is 1.67 bits per heavy atom. The third-order valence-electron chi connectivity index (χ3n) is 3.43. The number of aryl methyl sites for hydroxylation is 3. The van der Waals surface area contributed by atoms with Crippen molar-refractivity contribution in [3.8, 4) is 11.5 Å². The molecule has 1 N–H and O–H groups in total. The molecular weight excluding hydrogens is 258 g/mol. The summed E-state index contributed by atoms with van der Waals surface area (Å²) in [5.74, 6) is 1.85. The monoisotopic (exact) mass is 283 g/mol.